The Labute approximate surface area is 120 Å². The molecule has 0 atom stereocenters. The van der Waals surface area contributed by atoms with E-state index in [1.165, 1.54) is 6.07 Å². The number of likely N-dealkylation sites (tertiary alicyclic amines) is 1. The van der Waals surface area contributed by atoms with Gasteiger partial charge in [-0.05, 0) is 44.5 Å². The Morgan fingerprint density at radius 2 is 1.95 bits per heavy atom. The predicted molar refractivity (Wildman–Crippen MR) is 78.1 cm³/mol. The van der Waals surface area contributed by atoms with Crippen LogP contribution in [0.4, 0.5) is 4.39 Å². The summed E-state index contributed by atoms with van der Waals surface area (Å²) in [5, 5.41) is 0. The first-order valence-corrected chi connectivity index (χ1v) is 7.25. The SMILES string of the molecule is CN(C)CCC(=O)N1CCC(c2ccccc2F)CC1. The summed E-state index contributed by atoms with van der Waals surface area (Å²) in [6.07, 6.45) is 2.28. The lowest BCUT2D eigenvalue weighted by atomic mass is 9.89. The van der Waals surface area contributed by atoms with Crippen molar-refractivity contribution in [3.05, 3.63) is 35.6 Å². The molecule has 1 aliphatic heterocycles. The van der Waals surface area contributed by atoms with Gasteiger partial charge in [-0.3, -0.25) is 4.79 Å². The van der Waals surface area contributed by atoms with E-state index in [1.807, 2.05) is 36.0 Å². The fourth-order valence-corrected chi connectivity index (χ4v) is 2.72. The average Bonchev–Trinajstić information content (AvgIpc) is 2.45. The maximum Gasteiger partial charge on any atom is 0.223 e. The molecule has 1 aromatic carbocycles. The third-order valence-electron chi connectivity index (χ3n) is 3.97. The van der Waals surface area contributed by atoms with E-state index in [1.54, 1.807) is 6.07 Å². The molecule has 0 aromatic heterocycles. The molecule has 0 radical (unpaired) electrons. The molecule has 0 saturated carbocycles. The molecule has 0 N–H and O–H groups in total. The third-order valence-corrected chi connectivity index (χ3v) is 3.97. The van der Waals surface area contributed by atoms with Gasteiger partial charge in [-0.25, -0.2) is 4.39 Å². The first-order chi connectivity index (χ1) is 9.58. The van der Waals surface area contributed by atoms with Crippen molar-refractivity contribution >= 4 is 5.91 Å². The second-order valence-electron chi connectivity index (χ2n) is 5.73. The van der Waals surface area contributed by atoms with Crippen molar-refractivity contribution in [2.45, 2.75) is 25.2 Å². The highest BCUT2D eigenvalue weighted by Gasteiger charge is 2.24. The number of halogens is 1. The van der Waals surface area contributed by atoms with E-state index in [-0.39, 0.29) is 17.6 Å². The topological polar surface area (TPSA) is 23.6 Å². The predicted octanol–water partition coefficient (Wildman–Crippen LogP) is 2.48. The fraction of sp³-hybridized carbons (Fsp3) is 0.562. The minimum absolute atomic E-state index is 0.120. The number of rotatable bonds is 4. The third kappa shape index (κ3) is 3.79. The van der Waals surface area contributed by atoms with Crippen molar-refractivity contribution in [1.82, 2.24) is 9.80 Å². The van der Waals surface area contributed by atoms with Crippen LogP contribution in [0.25, 0.3) is 0 Å². The minimum atomic E-state index is -0.120. The fourth-order valence-electron chi connectivity index (χ4n) is 2.72. The maximum atomic E-state index is 13.8. The van der Waals surface area contributed by atoms with Crippen LogP contribution < -0.4 is 0 Å². The lowest BCUT2D eigenvalue weighted by Crippen LogP contribution is -2.39. The van der Waals surface area contributed by atoms with Crippen molar-refractivity contribution in [2.24, 2.45) is 0 Å². The molecule has 1 amide bonds. The van der Waals surface area contributed by atoms with Crippen LogP contribution in [0.1, 0.15) is 30.7 Å². The van der Waals surface area contributed by atoms with Gasteiger partial charge in [0.05, 0.1) is 0 Å². The van der Waals surface area contributed by atoms with Crippen LogP contribution in [0, 0.1) is 5.82 Å². The Kier molecular flexibility index (Phi) is 5.12. The molecule has 1 aromatic rings. The molecule has 0 aliphatic carbocycles. The molecule has 110 valence electrons. The van der Waals surface area contributed by atoms with E-state index < -0.39 is 0 Å². The number of piperidine rings is 1. The van der Waals surface area contributed by atoms with Crippen LogP contribution in [0.3, 0.4) is 0 Å². The Morgan fingerprint density at radius 3 is 2.55 bits per heavy atom. The molecule has 1 aliphatic rings. The van der Waals surface area contributed by atoms with Gasteiger partial charge in [-0.15, -0.1) is 0 Å². The summed E-state index contributed by atoms with van der Waals surface area (Å²) in [5.41, 5.74) is 0.799. The van der Waals surface area contributed by atoms with Crippen molar-refractivity contribution < 1.29 is 9.18 Å². The first kappa shape index (κ1) is 15.0. The second kappa shape index (κ2) is 6.84. The molecule has 0 spiro atoms. The van der Waals surface area contributed by atoms with Crippen LogP contribution in [0.15, 0.2) is 24.3 Å². The van der Waals surface area contributed by atoms with Gasteiger partial charge in [-0.2, -0.15) is 0 Å². The van der Waals surface area contributed by atoms with Gasteiger partial charge in [0.2, 0.25) is 5.91 Å². The van der Waals surface area contributed by atoms with E-state index >= 15 is 0 Å². The summed E-state index contributed by atoms with van der Waals surface area (Å²) >= 11 is 0. The van der Waals surface area contributed by atoms with Gasteiger partial charge in [-0.1, -0.05) is 18.2 Å². The molecule has 1 heterocycles. The zero-order valence-corrected chi connectivity index (χ0v) is 12.3. The standard InChI is InChI=1S/C16H23FN2O/c1-18(2)10-9-16(20)19-11-7-13(8-12-19)14-5-3-4-6-15(14)17/h3-6,13H,7-12H2,1-2H3. The Balaban J connectivity index is 1.86. The van der Waals surface area contributed by atoms with Crippen LogP contribution in [0.2, 0.25) is 0 Å². The highest BCUT2D eigenvalue weighted by atomic mass is 19.1. The number of carbonyl (C=O) groups excluding carboxylic acids is 1. The highest BCUT2D eigenvalue weighted by Crippen LogP contribution is 2.29. The summed E-state index contributed by atoms with van der Waals surface area (Å²) in [4.78, 5) is 16.0. The molecule has 1 saturated heterocycles. The zero-order valence-electron chi connectivity index (χ0n) is 12.3. The number of amides is 1. The molecule has 0 unspecified atom stereocenters. The number of nitrogens with zero attached hydrogens (tertiary/aromatic N) is 2. The maximum absolute atomic E-state index is 13.8. The summed E-state index contributed by atoms with van der Waals surface area (Å²) in [6.45, 7) is 2.27. The Bertz CT molecular complexity index is 454. The molecule has 20 heavy (non-hydrogen) atoms. The highest BCUT2D eigenvalue weighted by molar-refractivity contribution is 5.76. The van der Waals surface area contributed by atoms with E-state index in [4.69, 9.17) is 0 Å². The molecule has 2 rings (SSSR count). The van der Waals surface area contributed by atoms with Crippen molar-refractivity contribution in [3.63, 3.8) is 0 Å². The van der Waals surface area contributed by atoms with Gasteiger partial charge in [0.1, 0.15) is 5.82 Å². The van der Waals surface area contributed by atoms with Gasteiger partial charge in [0.15, 0.2) is 0 Å². The minimum Gasteiger partial charge on any atom is -0.343 e. The number of hydrogen-bond acceptors (Lipinski definition) is 2. The summed E-state index contributed by atoms with van der Waals surface area (Å²) < 4.78 is 13.8. The van der Waals surface area contributed by atoms with Gasteiger partial charge >= 0.3 is 0 Å². The molecular weight excluding hydrogens is 255 g/mol. The molecular formula is C16H23FN2O. The quantitative estimate of drug-likeness (QED) is 0.845. The van der Waals surface area contributed by atoms with Crippen LogP contribution in [-0.2, 0) is 4.79 Å². The second-order valence-corrected chi connectivity index (χ2v) is 5.73. The van der Waals surface area contributed by atoms with Crippen molar-refractivity contribution in [3.8, 4) is 0 Å². The first-order valence-electron chi connectivity index (χ1n) is 7.25. The van der Waals surface area contributed by atoms with Crippen LogP contribution in [0.5, 0.6) is 0 Å². The van der Waals surface area contributed by atoms with Gasteiger partial charge < -0.3 is 9.80 Å². The van der Waals surface area contributed by atoms with Crippen LogP contribution in [-0.4, -0.2) is 49.4 Å². The largest absolute Gasteiger partial charge is 0.343 e. The molecule has 1 fully saturated rings. The monoisotopic (exact) mass is 278 g/mol. The summed E-state index contributed by atoms with van der Waals surface area (Å²) in [6, 6.07) is 6.99. The molecule has 0 bridgehead atoms. The van der Waals surface area contributed by atoms with Gasteiger partial charge in [0.25, 0.3) is 0 Å². The normalized spacial score (nSPS) is 16.7. The summed E-state index contributed by atoms with van der Waals surface area (Å²) in [7, 11) is 3.94. The number of benzene rings is 1. The van der Waals surface area contributed by atoms with Crippen molar-refractivity contribution in [1.29, 1.82) is 0 Å². The summed E-state index contributed by atoms with van der Waals surface area (Å²) in [5.74, 6) is 0.338. The van der Waals surface area contributed by atoms with Crippen molar-refractivity contribution in [2.75, 3.05) is 33.7 Å². The number of carbonyl (C=O) groups is 1. The smallest absolute Gasteiger partial charge is 0.223 e. The Hall–Kier alpha value is -1.42. The van der Waals surface area contributed by atoms with E-state index in [0.717, 1.165) is 38.0 Å². The van der Waals surface area contributed by atoms with Gasteiger partial charge in [0, 0.05) is 26.1 Å². The van der Waals surface area contributed by atoms with E-state index in [9.17, 15) is 9.18 Å². The zero-order chi connectivity index (χ0) is 14.5. The van der Waals surface area contributed by atoms with Crippen LogP contribution >= 0.6 is 0 Å². The molecule has 4 heteroatoms. The lowest BCUT2D eigenvalue weighted by Gasteiger charge is -2.32. The van der Waals surface area contributed by atoms with E-state index in [0.29, 0.717) is 6.42 Å². The molecule has 3 nitrogen and oxygen atoms in total. The average molecular weight is 278 g/mol. The van der Waals surface area contributed by atoms with E-state index in [2.05, 4.69) is 0 Å². The Morgan fingerprint density at radius 1 is 1.30 bits per heavy atom. The lowest BCUT2D eigenvalue weighted by molar-refractivity contribution is -0.132. The number of hydrogen-bond donors (Lipinski definition) is 0.